The lowest BCUT2D eigenvalue weighted by atomic mass is 9.57. The van der Waals surface area contributed by atoms with Gasteiger partial charge >= 0.3 is 0 Å². The van der Waals surface area contributed by atoms with Gasteiger partial charge in [0.2, 0.25) is 0 Å². The highest BCUT2D eigenvalue weighted by Gasteiger charge is 2.46. The highest BCUT2D eigenvalue weighted by molar-refractivity contribution is 5.19. The zero-order valence-corrected chi connectivity index (χ0v) is 12.1. The zero-order chi connectivity index (χ0) is 13.1. The van der Waals surface area contributed by atoms with Gasteiger partial charge < -0.3 is 5.32 Å². The van der Waals surface area contributed by atoms with Gasteiger partial charge in [0.15, 0.2) is 0 Å². The van der Waals surface area contributed by atoms with Crippen LogP contribution < -0.4 is 5.32 Å². The van der Waals surface area contributed by atoms with Crippen LogP contribution in [0.2, 0.25) is 0 Å². The Morgan fingerprint density at radius 2 is 2.11 bits per heavy atom. The number of hydrogen-bond donors (Lipinski definition) is 1. The number of rotatable bonds is 4. The predicted octanol–water partition coefficient (Wildman–Crippen LogP) is 3.85. The van der Waals surface area contributed by atoms with E-state index in [2.05, 4.69) is 23.3 Å². The van der Waals surface area contributed by atoms with E-state index >= 15 is 0 Å². The van der Waals surface area contributed by atoms with Crippen molar-refractivity contribution in [2.24, 2.45) is 5.41 Å². The first kappa shape index (κ1) is 13.1. The van der Waals surface area contributed by atoms with Crippen molar-refractivity contribution in [3.05, 3.63) is 29.6 Å². The molecule has 2 aliphatic rings. The van der Waals surface area contributed by atoms with Crippen LogP contribution in [0.4, 0.5) is 0 Å². The molecule has 0 saturated heterocycles. The molecule has 0 amide bonds. The fourth-order valence-electron chi connectivity index (χ4n) is 4.04. The van der Waals surface area contributed by atoms with Gasteiger partial charge in [-0.1, -0.05) is 32.3 Å². The molecular weight excluding hydrogens is 232 g/mol. The van der Waals surface area contributed by atoms with E-state index in [0.717, 1.165) is 19.0 Å². The summed E-state index contributed by atoms with van der Waals surface area (Å²) in [5.41, 5.74) is 3.30. The van der Waals surface area contributed by atoms with E-state index in [9.17, 15) is 0 Å². The van der Waals surface area contributed by atoms with Crippen molar-refractivity contribution in [3.63, 3.8) is 0 Å². The van der Waals surface area contributed by atoms with E-state index < -0.39 is 0 Å². The molecular formula is C17H26N2. The van der Waals surface area contributed by atoms with Gasteiger partial charge in [-0.2, -0.15) is 0 Å². The van der Waals surface area contributed by atoms with Gasteiger partial charge in [-0.15, -0.1) is 0 Å². The second-order valence-corrected chi connectivity index (χ2v) is 6.36. The second-order valence-electron chi connectivity index (χ2n) is 6.36. The minimum atomic E-state index is 0.652. The fraction of sp³-hybridized carbons (Fsp3) is 0.706. The topological polar surface area (TPSA) is 24.9 Å². The first-order valence-electron chi connectivity index (χ1n) is 8.00. The molecule has 2 nitrogen and oxygen atoms in total. The Bertz CT molecular complexity index is 421. The third kappa shape index (κ3) is 2.55. The SMILES string of the molecule is CCc1cccnc1CNC1CCC12CCCCC2. The minimum absolute atomic E-state index is 0.652. The van der Waals surface area contributed by atoms with Crippen LogP contribution in [-0.4, -0.2) is 11.0 Å². The molecule has 2 aliphatic carbocycles. The predicted molar refractivity (Wildman–Crippen MR) is 79.0 cm³/mol. The summed E-state index contributed by atoms with van der Waals surface area (Å²) in [7, 11) is 0. The lowest BCUT2D eigenvalue weighted by molar-refractivity contribution is 0.0219. The molecule has 1 heterocycles. The summed E-state index contributed by atoms with van der Waals surface area (Å²) in [4.78, 5) is 4.55. The summed E-state index contributed by atoms with van der Waals surface area (Å²) < 4.78 is 0. The summed E-state index contributed by atoms with van der Waals surface area (Å²) in [6, 6.07) is 5.01. The number of pyridine rings is 1. The number of aryl methyl sites for hydroxylation is 1. The van der Waals surface area contributed by atoms with Crippen molar-refractivity contribution in [1.82, 2.24) is 10.3 Å². The van der Waals surface area contributed by atoms with Crippen molar-refractivity contribution >= 4 is 0 Å². The molecule has 0 aromatic carbocycles. The molecule has 19 heavy (non-hydrogen) atoms. The Balaban J connectivity index is 1.60. The summed E-state index contributed by atoms with van der Waals surface area (Å²) in [6.45, 7) is 3.17. The smallest absolute Gasteiger partial charge is 0.0573 e. The Morgan fingerprint density at radius 3 is 2.79 bits per heavy atom. The highest BCUT2D eigenvalue weighted by atomic mass is 15.0. The molecule has 0 radical (unpaired) electrons. The summed E-state index contributed by atoms with van der Waals surface area (Å²) in [5.74, 6) is 0. The molecule has 0 aliphatic heterocycles. The van der Waals surface area contributed by atoms with E-state index in [1.165, 1.54) is 56.2 Å². The molecule has 1 spiro atoms. The van der Waals surface area contributed by atoms with Crippen LogP contribution in [0.5, 0.6) is 0 Å². The molecule has 3 rings (SSSR count). The maximum absolute atomic E-state index is 4.55. The van der Waals surface area contributed by atoms with Crippen LogP contribution in [-0.2, 0) is 13.0 Å². The lowest BCUT2D eigenvalue weighted by Crippen LogP contribution is -2.54. The number of nitrogens with one attached hydrogen (secondary N) is 1. The van der Waals surface area contributed by atoms with Gasteiger partial charge in [0, 0.05) is 18.8 Å². The summed E-state index contributed by atoms with van der Waals surface area (Å²) >= 11 is 0. The largest absolute Gasteiger partial charge is 0.308 e. The Hall–Kier alpha value is -0.890. The van der Waals surface area contributed by atoms with E-state index in [1.807, 2.05) is 12.3 Å². The van der Waals surface area contributed by atoms with Gasteiger partial charge in [0.05, 0.1) is 5.69 Å². The molecule has 2 fully saturated rings. The molecule has 1 aromatic heterocycles. The van der Waals surface area contributed by atoms with Crippen LogP contribution in [0.1, 0.15) is 63.1 Å². The van der Waals surface area contributed by atoms with Crippen molar-refractivity contribution in [2.45, 2.75) is 70.9 Å². The van der Waals surface area contributed by atoms with Gasteiger partial charge in [-0.25, -0.2) is 0 Å². The van der Waals surface area contributed by atoms with E-state index in [-0.39, 0.29) is 0 Å². The van der Waals surface area contributed by atoms with Crippen molar-refractivity contribution in [2.75, 3.05) is 0 Å². The molecule has 1 unspecified atom stereocenters. The summed E-state index contributed by atoms with van der Waals surface area (Å²) in [6.07, 6.45) is 13.1. The Kier molecular flexibility index (Phi) is 3.88. The standard InChI is InChI=1S/C17H26N2/c1-2-14-7-6-12-18-15(14)13-19-16-8-11-17(16)9-4-3-5-10-17/h6-7,12,16,19H,2-5,8-11,13H2,1H3. The highest BCUT2D eigenvalue weighted by Crippen LogP contribution is 2.51. The van der Waals surface area contributed by atoms with Crippen LogP contribution in [0.25, 0.3) is 0 Å². The Labute approximate surface area is 117 Å². The maximum atomic E-state index is 4.55. The first-order chi connectivity index (χ1) is 9.34. The third-order valence-electron chi connectivity index (χ3n) is 5.40. The molecule has 0 bridgehead atoms. The summed E-state index contributed by atoms with van der Waals surface area (Å²) in [5, 5.41) is 3.81. The average Bonchev–Trinajstić information content (AvgIpc) is 2.47. The monoisotopic (exact) mass is 258 g/mol. The molecule has 2 saturated carbocycles. The molecule has 2 heteroatoms. The number of aromatic nitrogens is 1. The van der Waals surface area contributed by atoms with E-state index in [0.29, 0.717) is 5.41 Å². The van der Waals surface area contributed by atoms with Crippen LogP contribution in [0, 0.1) is 5.41 Å². The van der Waals surface area contributed by atoms with Crippen molar-refractivity contribution < 1.29 is 0 Å². The first-order valence-corrected chi connectivity index (χ1v) is 8.00. The van der Waals surface area contributed by atoms with Crippen LogP contribution >= 0.6 is 0 Å². The Morgan fingerprint density at radius 1 is 1.26 bits per heavy atom. The quantitative estimate of drug-likeness (QED) is 0.887. The molecule has 1 N–H and O–H groups in total. The fourth-order valence-corrected chi connectivity index (χ4v) is 4.04. The minimum Gasteiger partial charge on any atom is -0.308 e. The molecule has 104 valence electrons. The van der Waals surface area contributed by atoms with Crippen LogP contribution in [0.15, 0.2) is 18.3 Å². The second kappa shape index (κ2) is 5.62. The van der Waals surface area contributed by atoms with E-state index in [1.54, 1.807) is 0 Å². The van der Waals surface area contributed by atoms with Crippen molar-refractivity contribution in [3.8, 4) is 0 Å². The van der Waals surface area contributed by atoms with Gasteiger partial charge in [-0.05, 0) is 49.1 Å². The van der Waals surface area contributed by atoms with E-state index in [4.69, 9.17) is 0 Å². The molecule has 1 aromatic rings. The van der Waals surface area contributed by atoms with Crippen LogP contribution in [0.3, 0.4) is 0 Å². The number of hydrogen-bond acceptors (Lipinski definition) is 2. The zero-order valence-electron chi connectivity index (χ0n) is 12.1. The maximum Gasteiger partial charge on any atom is 0.0573 e. The number of nitrogens with zero attached hydrogens (tertiary/aromatic N) is 1. The molecule has 1 atom stereocenters. The lowest BCUT2D eigenvalue weighted by Gasteiger charge is -2.52. The third-order valence-corrected chi connectivity index (χ3v) is 5.40. The van der Waals surface area contributed by atoms with Crippen molar-refractivity contribution in [1.29, 1.82) is 0 Å². The van der Waals surface area contributed by atoms with Gasteiger partial charge in [0.25, 0.3) is 0 Å². The average molecular weight is 258 g/mol. The normalized spacial score (nSPS) is 25.2. The van der Waals surface area contributed by atoms with Gasteiger partial charge in [0.1, 0.15) is 0 Å². The van der Waals surface area contributed by atoms with Gasteiger partial charge in [-0.3, -0.25) is 4.98 Å².